The number of aromatic nitrogens is 1. The minimum absolute atomic E-state index is 0.174. The van der Waals surface area contributed by atoms with Crippen molar-refractivity contribution in [1.82, 2.24) is 20.5 Å². The molecule has 1 unspecified atom stereocenters. The second-order valence-corrected chi connectivity index (χ2v) is 9.05. The molecule has 0 aliphatic carbocycles. The number of aryl methyl sites for hydroxylation is 1. The average molecular weight is 531 g/mol. The second-order valence-electron chi connectivity index (χ2n) is 9.05. The summed E-state index contributed by atoms with van der Waals surface area (Å²) in [6, 6.07) is 12.2. The fourth-order valence-electron chi connectivity index (χ4n) is 4.35. The second kappa shape index (κ2) is 12.1. The van der Waals surface area contributed by atoms with Gasteiger partial charge in [0, 0.05) is 30.8 Å². The molecule has 11 heteroatoms. The van der Waals surface area contributed by atoms with Gasteiger partial charge in [0.25, 0.3) is 11.8 Å². The maximum Gasteiger partial charge on any atom is 0.573 e. The third-order valence-electron chi connectivity index (χ3n) is 6.08. The molecule has 1 aliphatic heterocycles. The van der Waals surface area contributed by atoms with E-state index in [1.807, 2.05) is 6.92 Å². The van der Waals surface area contributed by atoms with Crippen LogP contribution in [-0.2, 0) is 6.54 Å². The Bertz CT molecular complexity index is 1260. The van der Waals surface area contributed by atoms with Crippen LogP contribution >= 0.6 is 0 Å². The fourth-order valence-corrected chi connectivity index (χ4v) is 4.35. The predicted octanol–water partition coefficient (Wildman–Crippen LogP) is 4.77. The van der Waals surface area contributed by atoms with Gasteiger partial charge in [-0.2, -0.15) is 0 Å². The number of halogens is 3. The lowest BCUT2D eigenvalue weighted by Gasteiger charge is -2.22. The molecule has 2 amide bonds. The van der Waals surface area contributed by atoms with E-state index in [1.165, 1.54) is 18.2 Å². The summed E-state index contributed by atoms with van der Waals surface area (Å²) in [5, 5.41) is 5.96. The summed E-state index contributed by atoms with van der Waals surface area (Å²) in [4.78, 5) is 32.0. The van der Waals surface area contributed by atoms with E-state index >= 15 is 0 Å². The Morgan fingerprint density at radius 3 is 2.68 bits per heavy atom. The number of hydrogen-bond donors (Lipinski definition) is 2. The SMILES string of the molecule is Cc1coc(C2CCCN2C(=O)c2cccc(C(=O)NCCCNCc3cccc(OC(F)(F)F)c3)c2)n1. The minimum atomic E-state index is -4.73. The number of carbonyl (C=O) groups excluding carboxylic acids is 2. The van der Waals surface area contributed by atoms with Crippen molar-refractivity contribution < 1.29 is 31.9 Å². The first-order valence-corrected chi connectivity index (χ1v) is 12.4. The minimum Gasteiger partial charge on any atom is -0.446 e. The van der Waals surface area contributed by atoms with Crippen LogP contribution in [0.1, 0.15) is 63.2 Å². The largest absolute Gasteiger partial charge is 0.573 e. The van der Waals surface area contributed by atoms with Crippen LogP contribution in [0.4, 0.5) is 13.2 Å². The summed E-state index contributed by atoms with van der Waals surface area (Å²) in [6.07, 6.45) is -0.939. The lowest BCUT2D eigenvalue weighted by atomic mass is 10.1. The Balaban J connectivity index is 1.23. The van der Waals surface area contributed by atoms with E-state index < -0.39 is 6.36 Å². The van der Waals surface area contributed by atoms with Crippen LogP contribution in [-0.4, -0.2) is 47.7 Å². The van der Waals surface area contributed by atoms with Crippen molar-refractivity contribution >= 4 is 11.8 Å². The van der Waals surface area contributed by atoms with Gasteiger partial charge in [-0.25, -0.2) is 4.98 Å². The number of hydrogen-bond acceptors (Lipinski definition) is 6. The molecule has 0 radical (unpaired) electrons. The number of rotatable bonds is 10. The highest BCUT2D eigenvalue weighted by molar-refractivity contribution is 5.99. The van der Waals surface area contributed by atoms with Gasteiger partial charge in [-0.1, -0.05) is 18.2 Å². The van der Waals surface area contributed by atoms with Gasteiger partial charge in [-0.3, -0.25) is 9.59 Å². The molecule has 2 heterocycles. The van der Waals surface area contributed by atoms with Crippen LogP contribution in [0.2, 0.25) is 0 Å². The molecule has 0 spiro atoms. The first kappa shape index (κ1) is 27.2. The van der Waals surface area contributed by atoms with Crippen LogP contribution in [0.15, 0.2) is 59.2 Å². The summed E-state index contributed by atoms with van der Waals surface area (Å²) in [6.45, 7) is 3.71. The summed E-state index contributed by atoms with van der Waals surface area (Å²) >= 11 is 0. The van der Waals surface area contributed by atoms with Gasteiger partial charge in [-0.15, -0.1) is 13.2 Å². The summed E-state index contributed by atoms with van der Waals surface area (Å²) < 4.78 is 46.6. The van der Waals surface area contributed by atoms with Crippen molar-refractivity contribution in [3.8, 4) is 5.75 Å². The smallest absolute Gasteiger partial charge is 0.446 e. The van der Waals surface area contributed by atoms with Crippen LogP contribution in [0.25, 0.3) is 0 Å². The predicted molar refractivity (Wildman–Crippen MR) is 132 cm³/mol. The van der Waals surface area contributed by atoms with E-state index in [9.17, 15) is 22.8 Å². The van der Waals surface area contributed by atoms with E-state index in [2.05, 4.69) is 20.4 Å². The number of likely N-dealkylation sites (tertiary alicyclic amines) is 1. The Kier molecular flexibility index (Phi) is 8.67. The normalized spacial score (nSPS) is 15.5. The van der Waals surface area contributed by atoms with E-state index in [0.29, 0.717) is 55.2 Å². The molecular formula is C27H29F3N4O4. The average Bonchev–Trinajstić information content (AvgIpc) is 3.54. The number of nitrogens with one attached hydrogen (secondary N) is 2. The molecule has 3 aromatic rings. The third-order valence-corrected chi connectivity index (χ3v) is 6.08. The van der Waals surface area contributed by atoms with Gasteiger partial charge >= 0.3 is 6.36 Å². The molecule has 2 aromatic carbocycles. The quantitative estimate of drug-likeness (QED) is 0.367. The Labute approximate surface area is 218 Å². The zero-order chi connectivity index (χ0) is 27.1. The fraction of sp³-hybridized carbons (Fsp3) is 0.370. The van der Waals surface area contributed by atoms with Gasteiger partial charge in [0.1, 0.15) is 18.1 Å². The van der Waals surface area contributed by atoms with E-state index in [1.54, 1.807) is 41.5 Å². The monoisotopic (exact) mass is 530 g/mol. The van der Waals surface area contributed by atoms with E-state index in [0.717, 1.165) is 18.5 Å². The highest BCUT2D eigenvalue weighted by atomic mass is 19.4. The zero-order valence-electron chi connectivity index (χ0n) is 20.9. The molecule has 2 N–H and O–H groups in total. The molecule has 202 valence electrons. The summed E-state index contributed by atoms with van der Waals surface area (Å²) in [5.74, 6) is -0.208. The maximum absolute atomic E-state index is 13.2. The van der Waals surface area contributed by atoms with Crippen molar-refractivity contribution in [2.45, 2.75) is 45.1 Å². The molecule has 0 bridgehead atoms. The van der Waals surface area contributed by atoms with Crippen molar-refractivity contribution in [1.29, 1.82) is 0 Å². The molecule has 8 nitrogen and oxygen atoms in total. The summed E-state index contributed by atoms with van der Waals surface area (Å²) in [5.41, 5.74) is 2.22. The molecular weight excluding hydrogens is 501 g/mol. The van der Waals surface area contributed by atoms with Gasteiger partial charge in [-0.05, 0) is 68.6 Å². The Morgan fingerprint density at radius 1 is 1.13 bits per heavy atom. The van der Waals surface area contributed by atoms with Crippen LogP contribution in [0, 0.1) is 6.92 Å². The molecule has 38 heavy (non-hydrogen) atoms. The first-order chi connectivity index (χ1) is 18.2. The number of alkyl halides is 3. The van der Waals surface area contributed by atoms with E-state index in [4.69, 9.17) is 4.42 Å². The van der Waals surface area contributed by atoms with Crippen LogP contribution in [0.3, 0.4) is 0 Å². The van der Waals surface area contributed by atoms with Crippen molar-refractivity contribution in [2.24, 2.45) is 0 Å². The molecule has 1 aliphatic rings. The topological polar surface area (TPSA) is 96.7 Å². The van der Waals surface area contributed by atoms with Gasteiger partial charge in [0.05, 0.1) is 5.69 Å². The zero-order valence-corrected chi connectivity index (χ0v) is 20.9. The maximum atomic E-state index is 13.2. The lowest BCUT2D eigenvalue weighted by molar-refractivity contribution is -0.274. The standard InChI is InChI=1S/C27H29F3N4O4/c1-18-17-37-25(33-18)23-10-4-13-34(23)26(36)21-8-3-7-20(15-21)24(35)32-12-5-11-31-16-19-6-2-9-22(14-19)38-27(28,29)30/h2-3,6-9,14-15,17,23,31H,4-5,10-13,16H2,1H3,(H,32,35). The highest BCUT2D eigenvalue weighted by Gasteiger charge is 2.34. The Morgan fingerprint density at radius 2 is 1.92 bits per heavy atom. The van der Waals surface area contributed by atoms with E-state index in [-0.39, 0.29) is 23.6 Å². The van der Waals surface area contributed by atoms with Crippen LogP contribution < -0.4 is 15.4 Å². The number of ether oxygens (including phenoxy) is 1. The van der Waals surface area contributed by atoms with Crippen molar-refractivity contribution in [3.63, 3.8) is 0 Å². The molecule has 0 saturated carbocycles. The number of nitrogens with zero attached hydrogens (tertiary/aromatic N) is 2. The van der Waals surface area contributed by atoms with Gasteiger partial charge < -0.3 is 24.7 Å². The van der Waals surface area contributed by atoms with Crippen molar-refractivity contribution in [3.05, 3.63) is 83.1 Å². The molecule has 1 saturated heterocycles. The molecule has 1 fully saturated rings. The number of carbonyl (C=O) groups is 2. The molecule has 1 aromatic heterocycles. The summed E-state index contributed by atoms with van der Waals surface area (Å²) in [7, 11) is 0. The molecule has 1 atom stereocenters. The number of benzene rings is 2. The van der Waals surface area contributed by atoms with Gasteiger partial charge in [0.15, 0.2) is 0 Å². The number of oxazole rings is 1. The highest BCUT2D eigenvalue weighted by Crippen LogP contribution is 2.32. The van der Waals surface area contributed by atoms with Gasteiger partial charge in [0.2, 0.25) is 5.89 Å². The molecule has 4 rings (SSSR count). The van der Waals surface area contributed by atoms with Crippen LogP contribution in [0.5, 0.6) is 5.75 Å². The third kappa shape index (κ3) is 7.34. The van der Waals surface area contributed by atoms with Crippen molar-refractivity contribution in [2.75, 3.05) is 19.6 Å². The first-order valence-electron chi connectivity index (χ1n) is 12.4. The lowest BCUT2D eigenvalue weighted by Crippen LogP contribution is -2.31. The Hall–Kier alpha value is -3.86. The number of amides is 2.